The monoisotopic (exact) mass is 253 g/mol. The normalized spacial score (nSPS) is 28.4. The third-order valence-electron chi connectivity index (χ3n) is 4.32. The molecule has 2 atom stereocenters. The van der Waals surface area contributed by atoms with Gasteiger partial charge in [-0.1, -0.05) is 6.42 Å². The van der Waals surface area contributed by atoms with Gasteiger partial charge in [0.2, 0.25) is 5.91 Å². The summed E-state index contributed by atoms with van der Waals surface area (Å²) in [4.78, 5) is 16.9. The summed E-state index contributed by atoms with van der Waals surface area (Å²) in [6, 6.07) is 0.398. The van der Waals surface area contributed by atoms with Crippen molar-refractivity contribution in [1.82, 2.24) is 15.1 Å². The summed E-state index contributed by atoms with van der Waals surface area (Å²) in [5.41, 5.74) is 0. The molecule has 1 N–H and O–H groups in total. The van der Waals surface area contributed by atoms with Crippen LogP contribution in [0.5, 0.6) is 0 Å². The Kier molecular flexibility index (Phi) is 5.01. The van der Waals surface area contributed by atoms with Gasteiger partial charge in [-0.05, 0) is 52.7 Å². The van der Waals surface area contributed by atoms with E-state index in [1.807, 2.05) is 7.05 Å². The van der Waals surface area contributed by atoms with Crippen molar-refractivity contribution >= 4 is 5.91 Å². The number of likely N-dealkylation sites (N-methyl/N-ethyl adjacent to an activating group) is 1. The molecule has 2 rings (SSSR count). The van der Waals surface area contributed by atoms with Crippen molar-refractivity contribution in [1.29, 1.82) is 0 Å². The molecule has 0 aromatic rings. The van der Waals surface area contributed by atoms with E-state index in [0.29, 0.717) is 11.9 Å². The van der Waals surface area contributed by atoms with Gasteiger partial charge in [-0.3, -0.25) is 4.79 Å². The Morgan fingerprint density at radius 3 is 2.61 bits per heavy atom. The zero-order valence-electron chi connectivity index (χ0n) is 11.8. The fourth-order valence-electron chi connectivity index (χ4n) is 3.22. The zero-order chi connectivity index (χ0) is 13.0. The minimum Gasteiger partial charge on any atom is -0.337 e. The topological polar surface area (TPSA) is 35.6 Å². The zero-order valence-corrected chi connectivity index (χ0v) is 11.8. The summed E-state index contributed by atoms with van der Waals surface area (Å²) in [6.45, 7) is 6.60. The molecule has 2 saturated heterocycles. The van der Waals surface area contributed by atoms with Crippen LogP contribution in [0.25, 0.3) is 0 Å². The van der Waals surface area contributed by atoms with Gasteiger partial charge in [0.05, 0.1) is 6.04 Å². The highest BCUT2D eigenvalue weighted by atomic mass is 16.2. The van der Waals surface area contributed by atoms with Crippen molar-refractivity contribution in [3.63, 3.8) is 0 Å². The molecule has 0 aromatic heterocycles. The number of nitrogens with one attached hydrogen (secondary N) is 1. The Morgan fingerprint density at radius 2 is 1.94 bits per heavy atom. The molecule has 4 heteroatoms. The van der Waals surface area contributed by atoms with Gasteiger partial charge in [0.1, 0.15) is 0 Å². The molecule has 0 saturated carbocycles. The lowest BCUT2D eigenvalue weighted by molar-refractivity contribution is -0.138. The second-order valence-corrected chi connectivity index (χ2v) is 5.73. The summed E-state index contributed by atoms with van der Waals surface area (Å²) < 4.78 is 0. The van der Waals surface area contributed by atoms with E-state index in [9.17, 15) is 4.79 Å². The van der Waals surface area contributed by atoms with E-state index in [2.05, 4.69) is 22.0 Å². The fourth-order valence-corrected chi connectivity index (χ4v) is 3.22. The van der Waals surface area contributed by atoms with Gasteiger partial charge in [-0.25, -0.2) is 0 Å². The SMILES string of the molecule is CNC1CCCN(C(C)CN2CCCCC2)C1=O. The molecule has 2 aliphatic heterocycles. The summed E-state index contributed by atoms with van der Waals surface area (Å²) in [5, 5.41) is 3.14. The van der Waals surface area contributed by atoms with Gasteiger partial charge in [-0.2, -0.15) is 0 Å². The fraction of sp³-hybridized carbons (Fsp3) is 0.929. The molecule has 4 nitrogen and oxygen atoms in total. The molecule has 0 aromatic carbocycles. The van der Waals surface area contributed by atoms with Crippen LogP contribution in [-0.2, 0) is 4.79 Å². The number of carbonyl (C=O) groups is 1. The smallest absolute Gasteiger partial charge is 0.239 e. The van der Waals surface area contributed by atoms with Gasteiger partial charge in [0, 0.05) is 19.1 Å². The van der Waals surface area contributed by atoms with Crippen LogP contribution >= 0.6 is 0 Å². The summed E-state index contributed by atoms with van der Waals surface area (Å²) in [5.74, 6) is 0.299. The highest BCUT2D eigenvalue weighted by Gasteiger charge is 2.31. The number of hydrogen-bond acceptors (Lipinski definition) is 3. The number of carbonyl (C=O) groups excluding carboxylic acids is 1. The molecule has 104 valence electrons. The van der Waals surface area contributed by atoms with E-state index in [1.54, 1.807) is 0 Å². The lowest BCUT2D eigenvalue weighted by Gasteiger charge is -2.39. The molecule has 18 heavy (non-hydrogen) atoms. The van der Waals surface area contributed by atoms with Crippen LogP contribution in [0.4, 0.5) is 0 Å². The molecule has 0 radical (unpaired) electrons. The third kappa shape index (κ3) is 3.23. The Bertz CT molecular complexity index is 276. The Morgan fingerprint density at radius 1 is 1.22 bits per heavy atom. The average Bonchev–Trinajstić information content (AvgIpc) is 2.40. The molecule has 2 fully saturated rings. The average molecular weight is 253 g/mol. The standard InChI is InChI=1S/C14H27N3O/c1-12(11-16-8-4-3-5-9-16)17-10-6-7-13(15-2)14(17)18/h12-13,15H,3-11H2,1-2H3. The largest absolute Gasteiger partial charge is 0.337 e. The second-order valence-electron chi connectivity index (χ2n) is 5.73. The maximum absolute atomic E-state index is 12.3. The van der Waals surface area contributed by atoms with Gasteiger partial charge in [0.15, 0.2) is 0 Å². The number of hydrogen-bond donors (Lipinski definition) is 1. The van der Waals surface area contributed by atoms with E-state index in [0.717, 1.165) is 25.9 Å². The van der Waals surface area contributed by atoms with E-state index in [4.69, 9.17) is 0 Å². The quantitative estimate of drug-likeness (QED) is 0.814. The maximum Gasteiger partial charge on any atom is 0.239 e. The number of rotatable bonds is 4. The third-order valence-corrected chi connectivity index (χ3v) is 4.32. The predicted molar refractivity (Wildman–Crippen MR) is 73.5 cm³/mol. The molecule has 2 heterocycles. The van der Waals surface area contributed by atoms with E-state index < -0.39 is 0 Å². The number of amides is 1. The molecule has 0 bridgehead atoms. The summed E-state index contributed by atoms with van der Waals surface area (Å²) in [7, 11) is 1.89. The first-order valence-corrected chi connectivity index (χ1v) is 7.42. The predicted octanol–water partition coefficient (Wildman–Crippen LogP) is 1.07. The lowest BCUT2D eigenvalue weighted by atomic mass is 10.0. The second kappa shape index (κ2) is 6.53. The van der Waals surface area contributed by atoms with Crippen molar-refractivity contribution in [2.75, 3.05) is 33.2 Å². The van der Waals surface area contributed by atoms with E-state index in [-0.39, 0.29) is 6.04 Å². The Labute approximate surface area is 111 Å². The van der Waals surface area contributed by atoms with Crippen LogP contribution in [0.2, 0.25) is 0 Å². The van der Waals surface area contributed by atoms with Crippen molar-refractivity contribution in [2.45, 2.75) is 51.1 Å². The number of piperidine rings is 2. The number of likely N-dealkylation sites (tertiary alicyclic amines) is 2. The van der Waals surface area contributed by atoms with Crippen LogP contribution in [0.15, 0.2) is 0 Å². The molecular weight excluding hydrogens is 226 g/mol. The first kappa shape index (κ1) is 13.8. The molecule has 1 amide bonds. The molecular formula is C14H27N3O. The lowest BCUT2D eigenvalue weighted by Crippen LogP contribution is -2.55. The van der Waals surface area contributed by atoms with Gasteiger partial charge in [0.25, 0.3) is 0 Å². The first-order chi connectivity index (χ1) is 8.72. The highest BCUT2D eigenvalue weighted by Crippen LogP contribution is 2.16. The first-order valence-electron chi connectivity index (χ1n) is 7.42. The van der Waals surface area contributed by atoms with Gasteiger partial charge < -0.3 is 15.1 Å². The van der Waals surface area contributed by atoms with Crippen LogP contribution in [0.3, 0.4) is 0 Å². The highest BCUT2D eigenvalue weighted by molar-refractivity contribution is 5.82. The molecule has 0 spiro atoms. The Balaban J connectivity index is 1.86. The van der Waals surface area contributed by atoms with Crippen LogP contribution in [0.1, 0.15) is 39.0 Å². The van der Waals surface area contributed by atoms with Crippen molar-refractivity contribution in [2.24, 2.45) is 0 Å². The minimum atomic E-state index is 0.0440. The molecule has 0 aliphatic carbocycles. The van der Waals surface area contributed by atoms with Crippen LogP contribution in [-0.4, -0.2) is 61.0 Å². The summed E-state index contributed by atoms with van der Waals surface area (Å²) in [6.07, 6.45) is 6.12. The van der Waals surface area contributed by atoms with Crippen molar-refractivity contribution in [3.05, 3.63) is 0 Å². The van der Waals surface area contributed by atoms with Crippen LogP contribution < -0.4 is 5.32 Å². The van der Waals surface area contributed by atoms with Crippen LogP contribution in [0, 0.1) is 0 Å². The number of nitrogens with zero attached hydrogens (tertiary/aromatic N) is 2. The molecule has 2 aliphatic rings. The Hall–Kier alpha value is -0.610. The van der Waals surface area contributed by atoms with Crippen molar-refractivity contribution < 1.29 is 4.79 Å². The maximum atomic E-state index is 12.3. The van der Waals surface area contributed by atoms with E-state index in [1.165, 1.54) is 32.4 Å². The summed E-state index contributed by atoms with van der Waals surface area (Å²) >= 11 is 0. The van der Waals surface area contributed by atoms with Crippen molar-refractivity contribution in [3.8, 4) is 0 Å². The molecule has 2 unspecified atom stereocenters. The van der Waals surface area contributed by atoms with Gasteiger partial charge in [-0.15, -0.1) is 0 Å². The van der Waals surface area contributed by atoms with Gasteiger partial charge >= 0.3 is 0 Å². The minimum absolute atomic E-state index is 0.0440. The van der Waals surface area contributed by atoms with E-state index >= 15 is 0 Å².